The fourth-order valence-corrected chi connectivity index (χ4v) is 7.86. The average molecular weight is 700 g/mol. The number of hydrogen-bond donors (Lipinski definition) is 1. The molecule has 0 aromatic heterocycles. The molecule has 2 aliphatic heterocycles. The predicted molar refractivity (Wildman–Crippen MR) is 173 cm³/mol. The van der Waals surface area contributed by atoms with E-state index in [1.807, 2.05) is 0 Å². The molecule has 3 aromatic rings. The zero-order valence-corrected chi connectivity index (χ0v) is 27.2. The topological polar surface area (TPSA) is 162 Å². The Morgan fingerprint density at radius 1 is 1.10 bits per heavy atom. The highest BCUT2D eigenvalue weighted by Gasteiger charge is 2.71. The van der Waals surface area contributed by atoms with Gasteiger partial charge in [0.2, 0.25) is 6.04 Å². The zero-order valence-electron chi connectivity index (χ0n) is 25.7. The molecule has 6 rings (SSSR count). The third-order valence-electron chi connectivity index (χ3n) is 9.72. The third-order valence-corrected chi connectivity index (χ3v) is 10.3. The Kier molecular flexibility index (Phi) is 8.73. The lowest BCUT2D eigenvalue weighted by Gasteiger charge is -2.38. The number of carbonyl (C=O) groups is 3. The number of esters is 1. The van der Waals surface area contributed by atoms with Gasteiger partial charge in [-0.25, -0.2) is 9.18 Å². The smallest absolute Gasteiger partial charge is 0.338 e. The van der Waals surface area contributed by atoms with Gasteiger partial charge in [-0.2, -0.15) is 0 Å². The third kappa shape index (κ3) is 5.30. The maximum Gasteiger partial charge on any atom is 0.338 e. The van der Waals surface area contributed by atoms with Gasteiger partial charge >= 0.3 is 5.97 Å². The van der Waals surface area contributed by atoms with Crippen LogP contribution in [0, 0.1) is 38.9 Å². The molecule has 48 heavy (non-hydrogen) atoms. The van der Waals surface area contributed by atoms with E-state index in [4.69, 9.17) is 27.9 Å². The van der Waals surface area contributed by atoms with Crippen molar-refractivity contribution in [2.75, 3.05) is 19.0 Å². The molecule has 1 saturated heterocycles. The number of hydrogen-bond acceptors (Lipinski definition) is 9. The van der Waals surface area contributed by atoms with E-state index in [1.54, 1.807) is 17.0 Å². The van der Waals surface area contributed by atoms with Gasteiger partial charge in [0, 0.05) is 45.3 Å². The van der Waals surface area contributed by atoms with Crippen molar-refractivity contribution in [2.45, 2.75) is 56.1 Å². The van der Waals surface area contributed by atoms with Crippen molar-refractivity contribution in [3.8, 4) is 0 Å². The van der Waals surface area contributed by atoms with Crippen molar-refractivity contribution in [1.82, 2.24) is 4.90 Å². The number of ketones is 1. The quantitative estimate of drug-likeness (QED) is 0.108. The minimum atomic E-state index is -1.77. The number of likely N-dealkylation sites (tertiary alicyclic amines) is 1. The van der Waals surface area contributed by atoms with Crippen molar-refractivity contribution >= 4 is 52.2 Å². The summed E-state index contributed by atoms with van der Waals surface area (Å²) in [4.78, 5) is 65.9. The van der Waals surface area contributed by atoms with Gasteiger partial charge in [-0.3, -0.25) is 34.7 Å². The Morgan fingerprint density at radius 3 is 2.46 bits per heavy atom. The van der Waals surface area contributed by atoms with Crippen LogP contribution in [0.3, 0.4) is 0 Å². The number of ether oxygens (including phenoxy) is 1. The molecule has 12 nitrogen and oxygen atoms in total. The van der Waals surface area contributed by atoms with Gasteiger partial charge in [0.25, 0.3) is 11.6 Å². The molecule has 3 aromatic carbocycles. The molecular formula is C33H29Cl2FN4O8. The summed E-state index contributed by atoms with van der Waals surface area (Å²) in [7, 11) is 1.13. The molecule has 1 amide bonds. The number of anilines is 1. The van der Waals surface area contributed by atoms with Gasteiger partial charge in [0.05, 0.1) is 40.1 Å². The Balaban J connectivity index is 1.49. The second-order valence-electron chi connectivity index (χ2n) is 12.3. The SMILES string of the molecule is COC(=O)c1ccc(C(=O)CC[C@H]2[C@@H]([N+](=O)[O-])[C@H](c3cccc(Cl)c3F)[C@]3(C(=O)Nc4cc(Cl)ccc43)N2CC2CC2)c([N+](=O)[O-])c1C. The summed E-state index contributed by atoms with van der Waals surface area (Å²) in [5, 5.41) is 28.1. The lowest BCUT2D eigenvalue weighted by molar-refractivity contribution is -0.528. The number of amides is 1. The predicted octanol–water partition coefficient (Wildman–Crippen LogP) is 6.47. The number of nitrogens with one attached hydrogen (secondary N) is 1. The highest BCUT2D eigenvalue weighted by molar-refractivity contribution is 6.31. The van der Waals surface area contributed by atoms with Crippen molar-refractivity contribution in [2.24, 2.45) is 5.92 Å². The van der Waals surface area contributed by atoms with Gasteiger partial charge in [0.1, 0.15) is 11.4 Å². The van der Waals surface area contributed by atoms with Crippen molar-refractivity contribution in [3.63, 3.8) is 0 Å². The second kappa shape index (κ2) is 12.5. The zero-order chi connectivity index (χ0) is 34.7. The summed E-state index contributed by atoms with van der Waals surface area (Å²) in [5.41, 5.74) is -2.19. The Labute approximate surface area is 283 Å². The first-order valence-electron chi connectivity index (χ1n) is 15.2. The van der Waals surface area contributed by atoms with Crippen LogP contribution in [-0.4, -0.2) is 58.1 Å². The van der Waals surface area contributed by atoms with Crippen molar-refractivity contribution in [1.29, 1.82) is 0 Å². The molecule has 0 radical (unpaired) electrons. The molecule has 2 heterocycles. The maximum absolute atomic E-state index is 16.0. The molecule has 1 spiro atoms. The minimum Gasteiger partial charge on any atom is -0.465 e. The number of nitrogens with zero attached hydrogens (tertiary/aromatic N) is 3. The molecule has 1 saturated carbocycles. The standard InChI is InChI=1S/C33H29Cl2FN4O8/c1-16-19(31(42)48-2)9-10-20(29(16)39(44)45)26(41)13-12-25-30(40(46)47)27(21-4-3-5-23(35)28(21)36)33(38(25)15-17-6-7-17)22-11-8-18(34)14-24(22)37-32(33)43/h3-5,8-11,14,17,25,27,30H,6-7,12-13,15H2,1-2H3,(H,37,43)/t25-,27-,30+,33+/m0/s1. The number of benzene rings is 3. The largest absolute Gasteiger partial charge is 0.465 e. The number of Topliss-reactive ketones (excluding diaryl/α,β-unsaturated/α-hetero) is 1. The number of nitro groups is 2. The first kappa shape index (κ1) is 33.4. The Bertz CT molecular complexity index is 1900. The molecule has 4 atom stereocenters. The van der Waals surface area contributed by atoms with E-state index in [2.05, 4.69) is 5.32 Å². The van der Waals surface area contributed by atoms with Crippen LogP contribution in [0.1, 0.15) is 69.0 Å². The van der Waals surface area contributed by atoms with E-state index in [1.165, 1.54) is 37.3 Å². The first-order chi connectivity index (χ1) is 22.8. The molecule has 2 fully saturated rings. The van der Waals surface area contributed by atoms with E-state index >= 15 is 4.39 Å². The summed E-state index contributed by atoms with van der Waals surface area (Å²) in [6, 6.07) is 8.57. The lowest BCUT2D eigenvalue weighted by atomic mass is 9.73. The second-order valence-corrected chi connectivity index (χ2v) is 13.2. The number of nitro benzene ring substituents is 1. The van der Waals surface area contributed by atoms with Crippen molar-refractivity contribution in [3.05, 3.63) is 112 Å². The van der Waals surface area contributed by atoms with Crippen LogP contribution in [-0.2, 0) is 15.1 Å². The minimum absolute atomic E-state index is 0.0644. The average Bonchev–Trinajstić information content (AvgIpc) is 3.76. The van der Waals surface area contributed by atoms with Gasteiger partial charge in [-0.15, -0.1) is 0 Å². The summed E-state index contributed by atoms with van der Waals surface area (Å²) in [6.07, 6.45) is 1.04. The van der Waals surface area contributed by atoms with Crippen LogP contribution in [0.25, 0.3) is 0 Å². The van der Waals surface area contributed by atoms with Crippen LogP contribution in [0.15, 0.2) is 48.5 Å². The van der Waals surface area contributed by atoms with E-state index in [0.29, 0.717) is 16.3 Å². The van der Waals surface area contributed by atoms with Crippen LogP contribution in [0.2, 0.25) is 10.0 Å². The van der Waals surface area contributed by atoms with Crippen molar-refractivity contribution < 1.29 is 33.4 Å². The summed E-state index contributed by atoms with van der Waals surface area (Å²) in [5.74, 6) is -4.30. The molecule has 0 bridgehead atoms. The number of carbonyl (C=O) groups excluding carboxylic acids is 3. The van der Waals surface area contributed by atoms with Gasteiger partial charge in [-0.1, -0.05) is 41.4 Å². The normalized spacial score (nSPS) is 23.2. The summed E-state index contributed by atoms with van der Waals surface area (Å²) < 4.78 is 20.7. The molecular weight excluding hydrogens is 670 g/mol. The molecule has 15 heteroatoms. The highest BCUT2D eigenvalue weighted by atomic mass is 35.5. The Hall–Kier alpha value is -4.46. The number of fused-ring (bicyclic) bond motifs is 2. The van der Waals surface area contributed by atoms with Gasteiger partial charge < -0.3 is 10.1 Å². The number of halogens is 3. The summed E-state index contributed by atoms with van der Waals surface area (Å²) >= 11 is 12.5. The van der Waals surface area contributed by atoms with Crippen LogP contribution in [0.4, 0.5) is 15.8 Å². The van der Waals surface area contributed by atoms with Gasteiger partial charge in [-0.05, 0) is 62.4 Å². The summed E-state index contributed by atoms with van der Waals surface area (Å²) in [6.45, 7) is 1.57. The monoisotopic (exact) mass is 698 g/mol. The first-order valence-corrected chi connectivity index (χ1v) is 15.9. The maximum atomic E-state index is 16.0. The number of methoxy groups -OCH3 is 1. The molecule has 1 aliphatic carbocycles. The van der Waals surface area contributed by atoms with E-state index in [-0.39, 0.29) is 52.6 Å². The molecule has 3 aliphatic rings. The molecule has 0 unspecified atom stereocenters. The van der Waals surface area contributed by atoms with Crippen LogP contribution in [0.5, 0.6) is 0 Å². The molecule has 1 N–H and O–H groups in total. The van der Waals surface area contributed by atoms with E-state index in [0.717, 1.165) is 26.0 Å². The number of rotatable bonds is 10. The fraction of sp³-hybridized carbons (Fsp3) is 0.364. The van der Waals surface area contributed by atoms with E-state index < -0.39 is 62.6 Å². The lowest BCUT2D eigenvalue weighted by Crippen LogP contribution is -2.52. The fourth-order valence-electron chi connectivity index (χ4n) is 7.50. The molecule has 250 valence electrons. The van der Waals surface area contributed by atoms with Crippen LogP contribution >= 0.6 is 23.2 Å². The Morgan fingerprint density at radius 2 is 1.81 bits per heavy atom. The van der Waals surface area contributed by atoms with E-state index in [9.17, 15) is 34.6 Å². The van der Waals surface area contributed by atoms with Crippen LogP contribution < -0.4 is 5.32 Å². The van der Waals surface area contributed by atoms with Gasteiger partial charge in [0.15, 0.2) is 5.78 Å². The highest BCUT2D eigenvalue weighted by Crippen LogP contribution is 2.60.